The summed E-state index contributed by atoms with van der Waals surface area (Å²) in [6.45, 7) is 4.75. The van der Waals surface area contributed by atoms with Crippen molar-refractivity contribution in [3.8, 4) is 5.75 Å². The van der Waals surface area contributed by atoms with Gasteiger partial charge in [0.05, 0.1) is 11.1 Å². The SMILES string of the molecule is CNC(=O)c1cccc(NC(=O)c2ccc(OCC(C)C)c(Br)c2)c1. The fourth-order valence-corrected chi connectivity index (χ4v) is 2.59. The molecule has 0 heterocycles. The van der Waals surface area contributed by atoms with Crippen molar-refractivity contribution in [1.29, 1.82) is 0 Å². The van der Waals surface area contributed by atoms with Crippen LogP contribution in [-0.4, -0.2) is 25.5 Å². The molecule has 2 N–H and O–H groups in total. The number of nitrogens with one attached hydrogen (secondary N) is 2. The zero-order chi connectivity index (χ0) is 18.4. The zero-order valence-corrected chi connectivity index (χ0v) is 16.0. The number of carbonyl (C=O) groups excluding carboxylic acids is 2. The Morgan fingerprint density at radius 2 is 1.80 bits per heavy atom. The summed E-state index contributed by atoms with van der Waals surface area (Å²) in [7, 11) is 1.56. The number of carbonyl (C=O) groups is 2. The molecule has 0 radical (unpaired) electrons. The number of ether oxygens (including phenoxy) is 1. The van der Waals surface area contributed by atoms with Crippen molar-refractivity contribution >= 4 is 33.4 Å². The Bertz CT molecular complexity index is 775. The van der Waals surface area contributed by atoms with Gasteiger partial charge in [-0.1, -0.05) is 19.9 Å². The van der Waals surface area contributed by atoms with Crippen LogP contribution in [-0.2, 0) is 0 Å². The summed E-state index contributed by atoms with van der Waals surface area (Å²) in [5, 5.41) is 5.35. The average Bonchev–Trinajstić information content (AvgIpc) is 2.60. The molecular weight excluding hydrogens is 384 g/mol. The van der Waals surface area contributed by atoms with E-state index in [1.807, 2.05) is 0 Å². The Kier molecular flexibility index (Phi) is 6.58. The van der Waals surface area contributed by atoms with E-state index in [2.05, 4.69) is 40.4 Å². The molecular formula is C19H21BrN2O3. The Morgan fingerprint density at radius 3 is 2.44 bits per heavy atom. The minimum Gasteiger partial charge on any atom is -0.492 e. The highest BCUT2D eigenvalue weighted by Gasteiger charge is 2.11. The summed E-state index contributed by atoms with van der Waals surface area (Å²) in [6.07, 6.45) is 0. The van der Waals surface area contributed by atoms with E-state index in [1.165, 1.54) is 0 Å². The summed E-state index contributed by atoms with van der Waals surface area (Å²) >= 11 is 3.43. The molecule has 0 aliphatic carbocycles. The molecule has 0 saturated heterocycles. The molecule has 2 amide bonds. The third-order valence-corrected chi connectivity index (χ3v) is 4.00. The minimum atomic E-state index is -0.259. The van der Waals surface area contributed by atoms with E-state index < -0.39 is 0 Å². The molecule has 5 nitrogen and oxygen atoms in total. The molecule has 2 aromatic rings. The molecule has 2 aromatic carbocycles. The zero-order valence-electron chi connectivity index (χ0n) is 14.4. The molecule has 0 atom stereocenters. The van der Waals surface area contributed by atoms with Crippen LogP contribution in [0.4, 0.5) is 5.69 Å². The number of halogens is 1. The highest BCUT2D eigenvalue weighted by Crippen LogP contribution is 2.27. The second-order valence-corrected chi connectivity index (χ2v) is 6.82. The van der Waals surface area contributed by atoms with Crippen LogP contribution in [0.5, 0.6) is 5.75 Å². The first kappa shape index (κ1) is 19.0. The second kappa shape index (κ2) is 8.67. The van der Waals surface area contributed by atoms with Crippen LogP contribution in [0.2, 0.25) is 0 Å². The van der Waals surface area contributed by atoms with Crippen LogP contribution < -0.4 is 15.4 Å². The quantitative estimate of drug-likeness (QED) is 0.761. The standard InChI is InChI=1S/C19H21BrN2O3/c1-12(2)11-25-17-8-7-14(10-16(17)20)19(24)22-15-6-4-5-13(9-15)18(23)21-3/h4-10,12H,11H2,1-3H3,(H,21,23)(H,22,24). The number of rotatable bonds is 6. The van der Waals surface area contributed by atoms with Crippen molar-refractivity contribution < 1.29 is 14.3 Å². The van der Waals surface area contributed by atoms with Crippen molar-refractivity contribution in [2.24, 2.45) is 5.92 Å². The van der Waals surface area contributed by atoms with Gasteiger partial charge in [0, 0.05) is 23.9 Å². The van der Waals surface area contributed by atoms with Gasteiger partial charge in [0.25, 0.3) is 11.8 Å². The average molecular weight is 405 g/mol. The summed E-state index contributed by atoms with van der Waals surface area (Å²) in [5.41, 5.74) is 1.54. The third-order valence-electron chi connectivity index (χ3n) is 3.38. The maximum Gasteiger partial charge on any atom is 0.255 e. The highest BCUT2D eigenvalue weighted by molar-refractivity contribution is 9.10. The molecule has 2 rings (SSSR count). The Balaban J connectivity index is 2.11. The fourth-order valence-electron chi connectivity index (χ4n) is 2.10. The molecule has 0 bridgehead atoms. The molecule has 0 unspecified atom stereocenters. The van der Waals surface area contributed by atoms with Gasteiger partial charge in [0.15, 0.2) is 0 Å². The Labute approximate surface area is 155 Å². The van der Waals surface area contributed by atoms with Crippen molar-refractivity contribution in [2.75, 3.05) is 19.0 Å². The number of hydrogen-bond acceptors (Lipinski definition) is 3. The van der Waals surface area contributed by atoms with E-state index in [9.17, 15) is 9.59 Å². The monoisotopic (exact) mass is 404 g/mol. The van der Waals surface area contributed by atoms with Gasteiger partial charge in [0.1, 0.15) is 5.75 Å². The molecule has 0 aliphatic rings. The maximum atomic E-state index is 12.4. The fraction of sp³-hybridized carbons (Fsp3) is 0.263. The largest absolute Gasteiger partial charge is 0.492 e. The van der Waals surface area contributed by atoms with Gasteiger partial charge in [-0.25, -0.2) is 0 Å². The molecule has 6 heteroatoms. The van der Waals surface area contributed by atoms with Gasteiger partial charge in [-0.3, -0.25) is 9.59 Å². The maximum absolute atomic E-state index is 12.4. The van der Waals surface area contributed by atoms with Crippen molar-refractivity contribution in [3.05, 3.63) is 58.1 Å². The van der Waals surface area contributed by atoms with Crippen LogP contribution in [0.25, 0.3) is 0 Å². The van der Waals surface area contributed by atoms with Crippen LogP contribution in [0.15, 0.2) is 46.9 Å². The van der Waals surface area contributed by atoms with E-state index in [1.54, 1.807) is 49.5 Å². The van der Waals surface area contributed by atoms with Crippen LogP contribution in [0.3, 0.4) is 0 Å². The molecule has 25 heavy (non-hydrogen) atoms. The van der Waals surface area contributed by atoms with E-state index in [-0.39, 0.29) is 11.8 Å². The van der Waals surface area contributed by atoms with E-state index >= 15 is 0 Å². The lowest BCUT2D eigenvalue weighted by Gasteiger charge is -2.12. The first-order valence-electron chi connectivity index (χ1n) is 7.96. The van der Waals surface area contributed by atoms with Crippen LogP contribution in [0.1, 0.15) is 34.6 Å². The summed E-state index contributed by atoms with van der Waals surface area (Å²) in [4.78, 5) is 24.1. The van der Waals surface area contributed by atoms with Gasteiger partial charge >= 0.3 is 0 Å². The number of amides is 2. The Morgan fingerprint density at radius 1 is 1.08 bits per heavy atom. The van der Waals surface area contributed by atoms with E-state index in [0.717, 1.165) is 4.47 Å². The first-order chi connectivity index (χ1) is 11.9. The molecule has 0 fully saturated rings. The Hall–Kier alpha value is -2.34. The lowest BCUT2D eigenvalue weighted by atomic mass is 10.1. The number of anilines is 1. The van der Waals surface area contributed by atoms with E-state index in [4.69, 9.17) is 4.74 Å². The molecule has 0 saturated carbocycles. The van der Waals surface area contributed by atoms with Crippen molar-refractivity contribution in [2.45, 2.75) is 13.8 Å². The van der Waals surface area contributed by atoms with Gasteiger partial charge in [0.2, 0.25) is 0 Å². The lowest BCUT2D eigenvalue weighted by Crippen LogP contribution is -2.18. The topological polar surface area (TPSA) is 67.4 Å². The molecule has 0 spiro atoms. The van der Waals surface area contributed by atoms with Gasteiger partial charge in [-0.2, -0.15) is 0 Å². The molecule has 132 valence electrons. The van der Waals surface area contributed by atoms with Crippen molar-refractivity contribution in [1.82, 2.24) is 5.32 Å². The summed E-state index contributed by atoms with van der Waals surface area (Å²) < 4.78 is 6.40. The smallest absolute Gasteiger partial charge is 0.255 e. The second-order valence-electron chi connectivity index (χ2n) is 5.96. The lowest BCUT2D eigenvalue weighted by molar-refractivity contribution is 0.0961. The predicted octanol–water partition coefficient (Wildman–Crippen LogP) is 4.10. The van der Waals surface area contributed by atoms with Crippen LogP contribution >= 0.6 is 15.9 Å². The minimum absolute atomic E-state index is 0.203. The highest BCUT2D eigenvalue weighted by atomic mass is 79.9. The predicted molar refractivity (Wildman–Crippen MR) is 102 cm³/mol. The third kappa shape index (κ3) is 5.32. The van der Waals surface area contributed by atoms with Gasteiger partial charge in [-0.05, 0) is 58.2 Å². The normalized spacial score (nSPS) is 10.4. The summed E-state index contributed by atoms with van der Waals surface area (Å²) in [6, 6.07) is 12.0. The van der Waals surface area contributed by atoms with Crippen molar-refractivity contribution in [3.63, 3.8) is 0 Å². The molecule has 0 aromatic heterocycles. The van der Waals surface area contributed by atoms with Gasteiger partial charge < -0.3 is 15.4 Å². The summed E-state index contributed by atoms with van der Waals surface area (Å²) in [5.74, 6) is 0.657. The van der Waals surface area contributed by atoms with E-state index in [0.29, 0.717) is 35.1 Å². The van der Waals surface area contributed by atoms with Crippen LogP contribution in [0, 0.1) is 5.92 Å². The number of benzene rings is 2. The molecule has 0 aliphatic heterocycles. The van der Waals surface area contributed by atoms with Gasteiger partial charge in [-0.15, -0.1) is 0 Å². The first-order valence-corrected chi connectivity index (χ1v) is 8.76. The number of hydrogen-bond donors (Lipinski definition) is 2.